The summed E-state index contributed by atoms with van der Waals surface area (Å²) in [4.78, 5) is 39.9. The molecule has 6 atom stereocenters. The Morgan fingerprint density at radius 2 is 1.49 bits per heavy atom. The van der Waals surface area contributed by atoms with E-state index < -0.39 is 59.5 Å². The van der Waals surface area contributed by atoms with Crippen molar-refractivity contribution in [2.45, 2.75) is 57.9 Å². The molecule has 2 aliphatic rings. The molecule has 16 nitrogen and oxygen atoms in total. The molecule has 19 heteroatoms. The Hall–Kier alpha value is -4.79. The van der Waals surface area contributed by atoms with Crippen LogP contribution in [0.1, 0.15) is 50.0 Å². The smallest absolute Gasteiger partial charge is 0.495 e. The molecule has 1 aliphatic carbocycles. The molecule has 2 aromatic carbocycles. The van der Waals surface area contributed by atoms with E-state index in [0.29, 0.717) is 65.9 Å². The van der Waals surface area contributed by atoms with Gasteiger partial charge in [0.25, 0.3) is 0 Å². The first kappa shape index (κ1) is 54.8. The normalized spacial score (nSPS) is 20.4. The fourth-order valence-electron chi connectivity index (χ4n) is 7.48. The minimum absolute atomic E-state index is 0.0116. The molecule has 67 heavy (non-hydrogen) atoms. The van der Waals surface area contributed by atoms with Crippen molar-refractivity contribution in [3.63, 3.8) is 0 Å². The number of rotatable bonds is 27. The summed E-state index contributed by atoms with van der Waals surface area (Å²) in [7, 11) is 2.96. The van der Waals surface area contributed by atoms with Crippen LogP contribution >= 0.6 is 23.2 Å². The summed E-state index contributed by atoms with van der Waals surface area (Å²) in [5.41, 5.74) is -1.72. The second-order valence-corrected chi connectivity index (χ2v) is 17.3. The molecule has 1 heterocycles. The van der Waals surface area contributed by atoms with Crippen LogP contribution in [0.4, 0.5) is 14.9 Å². The quantitative estimate of drug-likeness (QED) is 0.0403. The molecule has 2 aromatic rings. The summed E-state index contributed by atoms with van der Waals surface area (Å²) >= 11 is 12.5. The standard InChI is InChI=1S/C48H60Cl2FN3O13/c1-32(67-46(57)65-27-26-64-25-24-63-23-22-62-21-20-61-19-18-60-17-16-58-5)66-45(56)34-11-15-39(40(28-34)59-6)53-44(55)43-42(33-8-7-9-35(49)12-10-33)48(31-52,41(54-43)30-47(2,3)4)37-14-13-36(50)29-38(37)51/h7-9,11,13-15,28-29,32-33,41-43,54H,16-27,30H2,1-6H3,(H,53,55)/t32?,33?,41?,42?,43?,48-/m0/s1. The summed E-state index contributed by atoms with van der Waals surface area (Å²) in [6.07, 6.45) is 2.99. The van der Waals surface area contributed by atoms with Crippen molar-refractivity contribution < 1.29 is 66.1 Å². The van der Waals surface area contributed by atoms with E-state index in [-0.39, 0.29) is 57.9 Å². The van der Waals surface area contributed by atoms with Gasteiger partial charge in [0.05, 0.1) is 108 Å². The predicted octanol–water partition coefficient (Wildman–Crippen LogP) is 6.98. The first-order chi connectivity index (χ1) is 32.1. The molecular formula is C48H60Cl2FN3O13. The van der Waals surface area contributed by atoms with Crippen molar-refractivity contribution in [2.75, 3.05) is 98.8 Å². The maximum atomic E-state index is 16.1. The van der Waals surface area contributed by atoms with Crippen LogP contribution in [0.15, 0.2) is 59.7 Å². The minimum atomic E-state index is -1.62. The molecule has 0 aromatic heterocycles. The Morgan fingerprint density at radius 3 is 2.06 bits per heavy atom. The van der Waals surface area contributed by atoms with Crippen molar-refractivity contribution in [1.82, 2.24) is 5.32 Å². The average molecular weight is 977 g/mol. The van der Waals surface area contributed by atoms with Crippen LogP contribution in [-0.2, 0) is 52.8 Å². The van der Waals surface area contributed by atoms with Crippen molar-refractivity contribution in [3.8, 4) is 23.7 Å². The number of anilines is 1. The number of benzene rings is 2. The van der Waals surface area contributed by atoms with Crippen LogP contribution in [0.25, 0.3) is 0 Å². The highest BCUT2D eigenvalue weighted by Gasteiger charge is 2.61. The first-order valence-corrected chi connectivity index (χ1v) is 22.5. The van der Waals surface area contributed by atoms with Crippen molar-refractivity contribution in [1.29, 1.82) is 5.26 Å². The highest BCUT2D eigenvalue weighted by Crippen LogP contribution is 2.51. The Bertz CT molecular complexity index is 2120. The molecule has 1 fully saturated rings. The maximum Gasteiger partial charge on any atom is 0.511 e. The van der Waals surface area contributed by atoms with Crippen LogP contribution in [0.3, 0.4) is 0 Å². The van der Waals surface area contributed by atoms with Crippen LogP contribution in [0.5, 0.6) is 5.75 Å². The van der Waals surface area contributed by atoms with E-state index in [4.69, 9.17) is 70.6 Å². The van der Waals surface area contributed by atoms with Crippen LogP contribution in [0, 0.1) is 46.2 Å². The van der Waals surface area contributed by atoms with Gasteiger partial charge in [-0.05, 0) is 48.2 Å². The zero-order valence-electron chi connectivity index (χ0n) is 38.7. The zero-order chi connectivity index (χ0) is 48.8. The molecule has 5 unspecified atom stereocenters. The molecule has 4 rings (SSSR count). The molecule has 1 amide bonds. The number of nitrogens with one attached hydrogen (secondary N) is 2. The van der Waals surface area contributed by atoms with Gasteiger partial charge in [0.2, 0.25) is 12.2 Å². The van der Waals surface area contributed by atoms with Gasteiger partial charge in [-0.25, -0.2) is 14.0 Å². The van der Waals surface area contributed by atoms with Crippen molar-refractivity contribution in [3.05, 3.63) is 81.6 Å². The van der Waals surface area contributed by atoms with Gasteiger partial charge < -0.3 is 58.0 Å². The number of halogens is 3. The summed E-state index contributed by atoms with van der Waals surface area (Å²) in [6, 6.07) is 8.93. The number of ether oxygens (including phenoxy) is 10. The number of hydrogen-bond donors (Lipinski definition) is 2. The summed E-state index contributed by atoms with van der Waals surface area (Å²) < 4.78 is 68.9. The van der Waals surface area contributed by atoms with E-state index in [1.807, 2.05) is 20.8 Å². The molecule has 0 bridgehead atoms. The average Bonchev–Trinajstić information content (AvgIpc) is 3.43. The molecular weight excluding hydrogens is 916 g/mol. The second-order valence-electron chi connectivity index (χ2n) is 16.4. The highest BCUT2D eigenvalue weighted by molar-refractivity contribution is 6.32. The first-order valence-electron chi connectivity index (χ1n) is 21.7. The number of nitrogens with zero attached hydrogens (tertiary/aromatic N) is 1. The Balaban J connectivity index is 1.29. The Kier molecular flexibility index (Phi) is 22.8. The largest absolute Gasteiger partial charge is 0.511 e. The minimum Gasteiger partial charge on any atom is -0.495 e. The maximum absolute atomic E-state index is 16.1. The summed E-state index contributed by atoms with van der Waals surface area (Å²) in [6.45, 7) is 11.5. The van der Waals surface area contributed by atoms with E-state index >= 15 is 4.39 Å². The molecule has 2 N–H and O–H groups in total. The number of nitriles is 1. The topological polar surface area (TPSA) is 191 Å². The van der Waals surface area contributed by atoms with E-state index in [9.17, 15) is 19.6 Å². The molecule has 0 radical (unpaired) electrons. The van der Waals surface area contributed by atoms with Gasteiger partial charge in [0, 0.05) is 42.5 Å². The van der Waals surface area contributed by atoms with Gasteiger partial charge in [0.15, 0.2) is 0 Å². The Labute approximate surface area is 401 Å². The fourth-order valence-corrected chi connectivity index (χ4v) is 7.76. The van der Waals surface area contributed by atoms with Crippen LogP contribution in [0.2, 0.25) is 5.02 Å². The number of carbonyl (C=O) groups excluding carboxylic acids is 3. The van der Waals surface area contributed by atoms with Crippen molar-refractivity contribution >= 4 is 46.9 Å². The van der Waals surface area contributed by atoms with E-state index in [0.717, 1.165) is 6.07 Å². The van der Waals surface area contributed by atoms with E-state index in [2.05, 4.69) is 28.5 Å². The monoisotopic (exact) mass is 975 g/mol. The fraction of sp³-hybridized carbons (Fsp3) is 0.542. The van der Waals surface area contributed by atoms with Crippen molar-refractivity contribution in [2.24, 2.45) is 17.3 Å². The lowest BCUT2D eigenvalue weighted by atomic mass is 9.61. The third kappa shape index (κ3) is 17.0. The Morgan fingerprint density at radius 1 is 0.881 bits per heavy atom. The SMILES string of the molecule is COCCOCCOCCOCCOCCOCCOC(=O)OC(C)OC(=O)c1ccc(NC(=O)C2NC(CC(C)(C)C)[C@](C#N)(c3ccc(Cl)cc3F)C2C2C#CC(Cl)=CC=C2)c(OC)c1. The van der Waals surface area contributed by atoms with Crippen LogP contribution in [-0.4, -0.2) is 130 Å². The summed E-state index contributed by atoms with van der Waals surface area (Å²) in [5, 5.41) is 17.9. The second kappa shape index (κ2) is 27.9. The molecule has 366 valence electrons. The molecule has 0 saturated carbocycles. The summed E-state index contributed by atoms with van der Waals surface area (Å²) in [5.74, 6) is 2.26. The van der Waals surface area contributed by atoms with Crippen LogP contribution < -0.4 is 15.4 Å². The van der Waals surface area contributed by atoms with Gasteiger partial charge in [0.1, 0.15) is 23.6 Å². The number of allylic oxidation sites excluding steroid dienone is 4. The molecule has 0 spiro atoms. The van der Waals surface area contributed by atoms with E-state index in [1.165, 1.54) is 44.4 Å². The number of hydrogen-bond acceptors (Lipinski definition) is 15. The predicted molar refractivity (Wildman–Crippen MR) is 246 cm³/mol. The van der Waals surface area contributed by atoms with Gasteiger partial charge in [-0.1, -0.05) is 74.0 Å². The third-order valence-electron chi connectivity index (χ3n) is 10.4. The van der Waals surface area contributed by atoms with E-state index in [1.54, 1.807) is 25.3 Å². The lowest BCUT2D eigenvalue weighted by molar-refractivity contribution is -0.119. The van der Waals surface area contributed by atoms with Gasteiger partial charge >= 0.3 is 12.1 Å². The lowest BCUT2D eigenvalue weighted by Gasteiger charge is -2.38. The third-order valence-corrected chi connectivity index (χ3v) is 10.8. The molecule has 1 saturated heterocycles. The van der Waals surface area contributed by atoms with Gasteiger partial charge in [-0.3, -0.25) is 4.79 Å². The van der Waals surface area contributed by atoms with Gasteiger partial charge in [-0.15, -0.1) is 0 Å². The number of carbonyl (C=O) groups is 3. The zero-order valence-corrected chi connectivity index (χ0v) is 40.2. The van der Waals surface area contributed by atoms with Gasteiger partial charge in [-0.2, -0.15) is 5.26 Å². The number of esters is 1. The lowest BCUT2D eigenvalue weighted by Crippen LogP contribution is -2.47. The number of methoxy groups -OCH3 is 2. The number of amides is 1. The molecule has 1 aliphatic heterocycles. The highest BCUT2D eigenvalue weighted by atomic mass is 35.5.